The van der Waals surface area contributed by atoms with Gasteiger partial charge < -0.3 is 10.2 Å². The van der Waals surface area contributed by atoms with Gasteiger partial charge in [0.25, 0.3) is 0 Å². The first-order valence-electron chi connectivity index (χ1n) is 13.7. The van der Waals surface area contributed by atoms with E-state index >= 15 is 0 Å². The number of hydrogen-bond acceptors (Lipinski definition) is 2. The second-order valence-electron chi connectivity index (χ2n) is 14.4. The van der Waals surface area contributed by atoms with Crippen LogP contribution in [0.1, 0.15) is 113 Å². The zero-order valence-electron chi connectivity index (χ0n) is 22.5. The maximum Gasteiger partial charge on any atom is 0.303 e. The Morgan fingerprint density at radius 1 is 0.879 bits per heavy atom. The van der Waals surface area contributed by atoms with Gasteiger partial charge in [-0.2, -0.15) is 0 Å². The van der Waals surface area contributed by atoms with Crippen molar-refractivity contribution in [3.05, 3.63) is 12.2 Å². The van der Waals surface area contributed by atoms with Gasteiger partial charge >= 0.3 is 5.97 Å². The Morgan fingerprint density at radius 3 is 2.06 bits per heavy atom. The van der Waals surface area contributed by atoms with Crippen LogP contribution in [0.15, 0.2) is 12.2 Å². The lowest BCUT2D eigenvalue weighted by molar-refractivity contribution is -0.250. The first kappa shape index (κ1) is 25.3. The van der Waals surface area contributed by atoms with Gasteiger partial charge in [-0.1, -0.05) is 53.7 Å². The number of fused-ring (bicyclic) bond motifs is 5. The zero-order chi connectivity index (χ0) is 24.6. The van der Waals surface area contributed by atoms with Crippen LogP contribution in [0.2, 0.25) is 0 Å². The molecule has 0 aromatic rings. The van der Waals surface area contributed by atoms with Crippen molar-refractivity contribution in [2.45, 2.75) is 119 Å². The topological polar surface area (TPSA) is 57.5 Å². The zero-order valence-corrected chi connectivity index (χ0v) is 22.5. The van der Waals surface area contributed by atoms with Crippen LogP contribution >= 0.6 is 0 Å². The summed E-state index contributed by atoms with van der Waals surface area (Å²) in [4.78, 5) is 11.6. The normalized spacial score (nSPS) is 51.1. The monoisotopic (exact) mass is 458 g/mol. The molecule has 0 aromatic heterocycles. The molecule has 4 aliphatic carbocycles. The maximum absolute atomic E-state index is 11.6. The lowest BCUT2D eigenvalue weighted by atomic mass is 9.32. The second-order valence-corrected chi connectivity index (χ2v) is 14.4. The minimum absolute atomic E-state index is 0.00295. The number of aliphatic carboxylic acids is 1. The molecule has 0 unspecified atom stereocenters. The predicted octanol–water partition coefficient (Wildman–Crippen LogP) is 7.48. The molecule has 9 atom stereocenters. The van der Waals surface area contributed by atoms with Crippen LogP contribution in [0, 0.1) is 50.7 Å². The molecule has 4 fully saturated rings. The summed E-state index contributed by atoms with van der Waals surface area (Å²) in [5.41, 5.74) is 1.92. The predicted molar refractivity (Wildman–Crippen MR) is 135 cm³/mol. The highest BCUT2D eigenvalue weighted by atomic mass is 16.4. The summed E-state index contributed by atoms with van der Waals surface area (Å²) >= 11 is 0. The molecule has 0 aromatic carbocycles. The Bertz CT molecular complexity index is 815. The largest absolute Gasteiger partial charge is 0.481 e. The van der Waals surface area contributed by atoms with Crippen molar-refractivity contribution in [1.29, 1.82) is 0 Å². The fourth-order valence-electron chi connectivity index (χ4n) is 10.6. The van der Waals surface area contributed by atoms with Gasteiger partial charge in [0.05, 0.1) is 6.10 Å². The Kier molecular flexibility index (Phi) is 6.00. The molecule has 4 aliphatic rings. The van der Waals surface area contributed by atoms with Gasteiger partial charge in [-0.25, -0.2) is 0 Å². The fourth-order valence-corrected chi connectivity index (χ4v) is 10.6. The van der Waals surface area contributed by atoms with Crippen LogP contribution in [-0.4, -0.2) is 22.3 Å². The van der Waals surface area contributed by atoms with Gasteiger partial charge in [0.15, 0.2) is 0 Å². The van der Waals surface area contributed by atoms with Gasteiger partial charge in [-0.3, -0.25) is 4.79 Å². The van der Waals surface area contributed by atoms with Crippen molar-refractivity contribution in [2.75, 3.05) is 0 Å². The van der Waals surface area contributed by atoms with E-state index in [1.165, 1.54) is 37.7 Å². The minimum Gasteiger partial charge on any atom is -0.481 e. The van der Waals surface area contributed by atoms with Crippen LogP contribution in [-0.2, 0) is 4.79 Å². The van der Waals surface area contributed by atoms with Crippen molar-refractivity contribution >= 4 is 5.97 Å². The Balaban J connectivity index is 1.73. The van der Waals surface area contributed by atoms with Crippen LogP contribution in [0.25, 0.3) is 0 Å². The molecule has 33 heavy (non-hydrogen) atoms. The number of rotatable bonds is 4. The third-order valence-electron chi connectivity index (χ3n) is 12.7. The molecule has 0 saturated heterocycles. The molecule has 3 nitrogen and oxygen atoms in total. The van der Waals surface area contributed by atoms with Crippen LogP contribution in [0.5, 0.6) is 0 Å². The third-order valence-corrected chi connectivity index (χ3v) is 12.7. The molecule has 0 amide bonds. The fraction of sp³-hybridized carbons (Fsp3) is 0.900. The Labute approximate surface area is 202 Å². The average molecular weight is 459 g/mol. The van der Waals surface area contributed by atoms with E-state index in [0.717, 1.165) is 25.7 Å². The van der Waals surface area contributed by atoms with Crippen LogP contribution in [0.3, 0.4) is 0 Å². The summed E-state index contributed by atoms with van der Waals surface area (Å²) in [7, 11) is 0. The summed E-state index contributed by atoms with van der Waals surface area (Å²) in [5.74, 6) is 1.33. The smallest absolute Gasteiger partial charge is 0.303 e. The molecule has 4 rings (SSSR count). The number of allylic oxidation sites excluding steroid dienone is 1. The molecule has 188 valence electrons. The van der Waals surface area contributed by atoms with E-state index in [2.05, 4.69) is 55.0 Å². The van der Waals surface area contributed by atoms with E-state index in [1.54, 1.807) is 0 Å². The van der Waals surface area contributed by atoms with E-state index in [1.807, 2.05) is 0 Å². The van der Waals surface area contributed by atoms with E-state index in [-0.39, 0.29) is 39.6 Å². The number of carbonyl (C=O) groups is 1. The molecule has 0 radical (unpaired) electrons. The molecule has 0 bridgehead atoms. The number of aliphatic hydroxyl groups excluding tert-OH is 1. The summed E-state index contributed by atoms with van der Waals surface area (Å²) in [5, 5.41) is 21.0. The molecular weight excluding hydrogens is 408 g/mol. The number of aliphatic hydroxyl groups is 1. The highest BCUT2D eigenvalue weighted by Gasteiger charge is 2.69. The average Bonchev–Trinajstić information content (AvgIpc) is 2.71. The van der Waals surface area contributed by atoms with Crippen molar-refractivity contribution in [1.82, 2.24) is 0 Å². The number of carboxylic acids is 1. The molecule has 0 heterocycles. The highest BCUT2D eigenvalue weighted by Crippen LogP contribution is 2.76. The van der Waals surface area contributed by atoms with Crippen LogP contribution < -0.4 is 0 Å². The first-order valence-corrected chi connectivity index (χ1v) is 13.7. The molecule has 2 N–H and O–H groups in total. The minimum atomic E-state index is -0.671. The molecule has 0 spiro atoms. The Morgan fingerprint density at radius 2 is 1.45 bits per heavy atom. The van der Waals surface area contributed by atoms with Crippen LogP contribution in [0.4, 0.5) is 0 Å². The molecular formula is C30H50O3. The van der Waals surface area contributed by atoms with Gasteiger partial charge in [0.2, 0.25) is 0 Å². The SMILES string of the molecule is C=C(C)[C@@H]1CC[C@@]2(C)[C@H](CC[C@@H]3[C@]4(C)CCC(C)(C)[C@H](O)[C@@H]4CC[C@@]32C)[C@@]1(C)CCC(=O)O. The van der Waals surface area contributed by atoms with Gasteiger partial charge in [0, 0.05) is 6.42 Å². The van der Waals surface area contributed by atoms with E-state index in [0.29, 0.717) is 23.7 Å². The Hall–Kier alpha value is -0.830. The maximum atomic E-state index is 11.6. The number of hydrogen-bond donors (Lipinski definition) is 2. The summed E-state index contributed by atoms with van der Waals surface area (Å²) in [6, 6.07) is 0. The summed E-state index contributed by atoms with van der Waals surface area (Å²) in [6.45, 7) is 21.1. The van der Waals surface area contributed by atoms with E-state index < -0.39 is 5.97 Å². The summed E-state index contributed by atoms with van der Waals surface area (Å²) < 4.78 is 0. The molecule has 4 saturated carbocycles. The summed E-state index contributed by atoms with van der Waals surface area (Å²) in [6.07, 6.45) is 10.3. The quantitative estimate of drug-likeness (QED) is 0.429. The second kappa shape index (κ2) is 7.84. The lowest BCUT2D eigenvalue weighted by Gasteiger charge is -2.73. The third kappa shape index (κ3) is 3.41. The number of carboxylic acid groups (broad SMARTS) is 1. The highest BCUT2D eigenvalue weighted by molar-refractivity contribution is 5.66. The van der Waals surface area contributed by atoms with Crippen molar-refractivity contribution in [2.24, 2.45) is 50.7 Å². The van der Waals surface area contributed by atoms with E-state index in [9.17, 15) is 15.0 Å². The van der Waals surface area contributed by atoms with Crippen molar-refractivity contribution < 1.29 is 15.0 Å². The van der Waals surface area contributed by atoms with Gasteiger partial charge in [-0.15, -0.1) is 0 Å². The first-order chi connectivity index (χ1) is 15.1. The van der Waals surface area contributed by atoms with Crippen molar-refractivity contribution in [3.63, 3.8) is 0 Å². The van der Waals surface area contributed by atoms with Crippen molar-refractivity contribution in [3.8, 4) is 0 Å². The van der Waals surface area contributed by atoms with Gasteiger partial charge in [0.1, 0.15) is 0 Å². The van der Waals surface area contributed by atoms with Gasteiger partial charge in [-0.05, 0) is 115 Å². The molecule has 0 aliphatic heterocycles. The molecule has 3 heteroatoms. The van der Waals surface area contributed by atoms with E-state index in [4.69, 9.17) is 0 Å². The lowest BCUT2D eigenvalue weighted by Crippen LogP contribution is -2.67. The standard InChI is InChI=1S/C30H50O3/c1-19(2)20-11-15-29(7)22(27(20,5)14-13-24(31)32)9-10-23-28(6)18-17-26(3,4)25(33)21(28)12-16-30(23,29)8/h20-23,25,33H,1,9-18H2,2-8H3,(H,31,32)/t20-,21-,22+,23+,25+,27-,28+,29-,30-/m0/s1.